The van der Waals surface area contributed by atoms with Gasteiger partial charge in [0, 0.05) is 10.9 Å². The summed E-state index contributed by atoms with van der Waals surface area (Å²) in [4.78, 5) is 28.2. The number of amides is 1. The minimum absolute atomic E-state index is 0.00849. The Hall–Kier alpha value is -1.82. The summed E-state index contributed by atoms with van der Waals surface area (Å²) in [5.41, 5.74) is 0.584. The molecule has 2 atom stereocenters. The van der Waals surface area contributed by atoms with Crippen molar-refractivity contribution >= 4 is 55.9 Å². The van der Waals surface area contributed by atoms with Crippen molar-refractivity contribution < 1.29 is 32.6 Å². The van der Waals surface area contributed by atoms with Crippen molar-refractivity contribution in [3.05, 3.63) is 23.2 Å². The van der Waals surface area contributed by atoms with E-state index in [0.717, 1.165) is 0 Å². The summed E-state index contributed by atoms with van der Waals surface area (Å²) in [5, 5.41) is 8.96. The number of anilines is 1. The fourth-order valence-corrected chi connectivity index (χ4v) is 7.22. The first-order valence-electron chi connectivity index (χ1n) is 8.11. The zero-order valence-corrected chi connectivity index (χ0v) is 17.1. The number of hydrogen-bond acceptors (Lipinski definition) is 7. The van der Waals surface area contributed by atoms with Crippen molar-refractivity contribution in [2.75, 3.05) is 36.7 Å². The number of aliphatic carboxylic acids is 1. The number of halogens is 1. The lowest BCUT2D eigenvalue weighted by Crippen LogP contribution is -2.37. The summed E-state index contributed by atoms with van der Waals surface area (Å²) in [6.45, 7) is -1.09. The normalized spacial score (nSPS) is 24.4. The van der Waals surface area contributed by atoms with E-state index < -0.39 is 34.9 Å². The van der Waals surface area contributed by atoms with Gasteiger partial charge in [-0.3, -0.25) is 4.79 Å². The van der Waals surface area contributed by atoms with E-state index in [2.05, 4.69) is 4.99 Å². The van der Waals surface area contributed by atoms with E-state index in [1.807, 2.05) is 0 Å². The molecule has 0 spiro atoms. The minimum Gasteiger partial charge on any atom is -0.495 e. The quantitative estimate of drug-likeness (QED) is 0.680. The maximum absolute atomic E-state index is 12.1. The molecule has 0 aromatic heterocycles. The topological polar surface area (TPSA) is 123 Å². The number of nitrogens with zero attached hydrogens (tertiary/aromatic N) is 2. The highest BCUT2D eigenvalue weighted by molar-refractivity contribution is 8.16. The molecule has 2 heterocycles. The Morgan fingerprint density at radius 2 is 2.11 bits per heavy atom. The van der Waals surface area contributed by atoms with E-state index in [4.69, 9.17) is 26.2 Å². The first-order chi connectivity index (χ1) is 13.2. The second-order valence-electron chi connectivity index (χ2n) is 6.16. The zero-order valence-electron chi connectivity index (χ0n) is 14.7. The van der Waals surface area contributed by atoms with Gasteiger partial charge in [0.15, 0.2) is 15.0 Å². The molecular formula is C16H17ClN2O7S2. The molecule has 9 nitrogen and oxygen atoms in total. The molecule has 2 saturated heterocycles. The van der Waals surface area contributed by atoms with Crippen molar-refractivity contribution in [2.45, 2.75) is 11.3 Å². The van der Waals surface area contributed by atoms with Crippen LogP contribution in [0.3, 0.4) is 0 Å². The number of aliphatic imine (C=N–C) groups is 1. The lowest BCUT2D eigenvalue weighted by Gasteiger charge is -2.25. The second kappa shape index (κ2) is 8.27. The standard InChI is InChI=1S/C16H17ClN2O7S2/c1-25-12-3-2-9(4-10(12)17)19-11-7-28(23,24)8-13(11)27-16(19)18-14(20)5-26-6-15(21)22/h2-4,11,13H,5-8H2,1H3,(H,21,22)/t11-,13+/m1/s1. The van der Waals surface area contributed by atoms with Crippen LogP contribution in [0.4, 0.5) is 5.69 Å². The third-order valence-corrected chi connectivity index (χ3v) is 7.66. The van der Waals surface area contributed by atoms with Gasteiger partial charge in [-0.05, 0) is 18.2 Å². The number of thioether (sulfide) groups is 1. The average molecular weight is 449 g/mol. The second-order valence-corrected chi connectivity index (χ2v) is 9.93. The molecule has 1 N–H and O–H groups in total. The highest BCUT2D eigenvalue weighted by Gasteiger charge is 2.49. The van der Waals surface area contributed by atoms with Crippen molar-refractivity contribution in [1.29, 1.82) is 0 Å². The lowest BCUT2D eigenvalue weighted by atomic mass is 10.2. The summed E-state index contributed by atoms with van der Waals surface area (Å²) >= 11 is 7.40. The third-order valence-electron chi connectivity index (χ3n) is 4.15. The summed E-state index contributed by atoms with van der Waals surface area (Å²) in [6, 6.07) is 4.59. The van der Waals surface area contributed by atoms with Crippen molar-refractivity contribution in [1.82, 2.24) is 0 Å². The van der Waals surface area contributed by atoms with Crippen LogP contribution in [0, 0.1) is 0 Å². The Balaban J connectivity index is 1.89. The Bertz CT molecular complexity index is 935. The number of benzene rings is 1. The maximum Gasteiger partial charge on any atom is 0.329 e. The number of fused-ring (bicyclic) bond motifs is 1. The minimum atomic E-state index is -3.20. The van der Waals surface area contributed by atoms with Gasteiger partial charge in [-0.25, -0.2) is 13.2 Å². The van der Waals surface area contributed by atoms with Gasteiger partial charge in [0.2, 0.25) is 0 Å². The number of carboxylic acids is 1. The van der Waals surface area contributed by atoms with Gasteiger partial charge in [0.05, 0.1) is 29.7 Å². The van der Waals surface area contributed by atoms with Gasteiger partial charge in [-0.15, -0.1) is 0 Å². The van der Waals surface area contributed by atoms with Crippen molar-refractivity contribution in [2.24, 2.45) is 4.99 Å². The Kier molecular flexibility index (Phi) is 6.18. The van der Waals surface area contributed by atoms with Crippen LogP contribution in [0.1, 0.15) is 0 Å². The third kappa shape index (κ3) is 4.59. The van der Waals surface area contributed by atoms with Crippen LogP contribution >= 0.6 is 23.4 Å². The van der Waals surface area contributed by atoms with Gasteiger partial charge in [0.25, 0.3) is 5.91 Å². The van der Waals surface area contributed by atoms with E-state index in [9.17, 15) is 18.0 Å². The highest BCUT2D eigenvalue weighted by atomic mass is 35.5. The van der Waals surface area contributed by atoms with Crippen LogP contribution < -0.4 is 9.64 Å². The van der Waals surface area contributed by atoms with Gasteiger partial charge in [0.1, 0.15) is 19.0 Å². The lowest BCUT2D eigenvalue weighted by molar-refractivity contribution is -0.143. The van der Waals surface area contributed by atoms with Gasteiger partial charge in [-0.1, -0.05) is 23.4 Å². The molecule has 2 aliphatic heterocycles. The first-order valence-corrected chi connectivity index (χ1v) is 11.2. The van der Waals surface area contributed by atoms with Crippen LogP contribution in [0.15, 0.2) is 23.2 Å². The summed E-state index contributed by atoms with van der Waals surface area (Å²) in [5.74, 6) is -1.45. The number of rotatable bonds is 6. The van der Waals surface area contributed by atoms with Gasteiger partial charge < -0.3 is 19.5 Å². The number of ether oxygens (including phenoxy) is 2. The smallest absolute Gasteiger partial charge is 0.329 e. The van der Waals surface area contributed by atoms with E-state index in [1.54, 1.807) is 23.1 Å². The van der Waals surface area contributed by atoms with Gasteiger partial charge >= 0.3 is 5.97 Å². The number of sulfone groups is 1. The fourth-order valence-electron chi connectivity index (χ4n) is 3.04. The van der Waals surface area contributed by atoms with Crippen molar-refractivity contribution in [3.63, 3.8) is 0 Å². The molecule has 152 valence electrons. The molecule has 28 heavy (non-hydrogen) atoms. The number of amidine groups is 1. The SMILES string of the molecule is COc1ccc(N2C(=NC(=O)COCC(=O)O)S[C@H]3CS(=O)(=O)C[C@H]32)cc1Cl. The first kappa shape index (κ1) is 20.9. The molecule has 0 aliphatic carbocycles. The van der Waals surface area contributed by atoms with Gasteiger partial charge in [-0.2, -0.15) is 4.99 Å². The summed E-state index contributed by atoms with van der Waals surface area (Å²) in [7, 11) is -1.71. The molecule has 12 heteroatoms. The van der Waals surface area contributed by atoms with Crippen LogP contribution in [0.5, 0.6) is 5.75 Å². The number of carbonyl (C=O) groups excluding carboxylic acids is 1. The zero-order chi connectivity index (χ0) is 20.5. The Morgan fingerprint density at radius 3 is 2.75 bits per heavy atom. The molecule has 0 saturated carbocycles. The predicted octanol–water partition coefficient (Wildman–Crippen LogP) is 1.05. The number of hydrogen-bond donors (Lipinski definition) is 1. The van der Waals surface area contributed by atoms with Crippen LogP contribution in [-0.2, 0) is 24.2 Å². The van der Waals surface area contributed by atoms with Crippen LogP contribution in [0.2, 0.25) is 5.02 Å². The molecule has 1 aromatic carbocycles. The molecule has 0 bridgehead atoms. The molecule has 1 aromatic rings. The highest BCUT2D eigenvalue weighted by Crippen LogP contribution is 2.42. The average Bonchev–Trinajstić information content (AvgIpc) is 3.05. The molecule has 2 aliphatic rings. The monoisotopic (exact) mass is 448 g/mol. The Morgan fingerprint density at radius 1 is 1.36 bits per heavy atom. The van der Waals surface area contributed by atoms with Crippen LogP contribution in [-0.4, -0.2) is 73.7 Å². The molecule has 0 unspecified atom stereocenters. The van der Waals surface area contributed by atoms with E-state index in [0.29, 0.717) is 21.6 Å². The number of carbonyl (C=O) groups is 2. The molecular weight excluding hydrogens is 432 g/mol. The summed E-state index contributed by atoms with van der Waals surface area (Å²) in [6.07, 6.45) is 0. The molecule has 1 amide bonds. The molecule has 3 rings (SSSR count). The van der Waals surface area contributed by atoms with E-state index in [1.165, 1.54) is 18.9 Å². The number of methoxy groups -OCH3 is 1. The predicted molar refractivity (Wildman–Crippen MR) is 105 cm³/mol. The largest absolute Gasteiger partial charge is 0.495 e. The molecule has 0 radical (unpaired) electrons. The van der Waals surface area contributed by atoms with Crippen molar-refractivity contribution in [3.8, 4) is 5.75 Å². The number of carboxylic acid groups (broad SMARTS) is 1. The maximum atomic E-state index is 12.1. The van der Waals surface area contributed by atoms with Crippen LogP contribution in [0.25, 0.3) is 0 Å². The van der Waals surface area contributed by atoms with E-state index >= 15 is 0 Å². The summed E-state index contributed by atoms with van der Waals surface area (Å²) < 4.78 is 34.0. The molecule has 2 fully saturated rings. The van der Waals surface area contributed by atoms with E-state index in [-0.39, 0.29) is 22.8 Å². The fraction of sp³-hybridized carbons (Fsp3) is 0.438. The Labute approximate surface area is 170 Å².